The van der Waals surface area contributed by atoms with Crippen molar-refractivity contribution < 1.29 is 4.79 Å². The molecular weight excluding hydrogens is 368 g/mol. The van der Waals surface area contributed by atoms with E-state index in [1.807, 2.05) is 30.3 Å². The number of aromatic nitrogens is 3. The number of piperazine rings is 1. The molecule has 4 rings (SSSR count). The van der Waals surface area contributed by atoms with Crippen molar-refractivity contribution >= 4 is 28.2 Å². The monoisotopic (exact) mass is 392 g/mol. The molecular formula is C21H24N6O2. The van der Waals surface area contributed by atoms with Gasteiger partial charge in [0.15, 0.2) is 0 Å². The van der Waals surface area contributed by atoms with Gasteiger partial charge in [-0.25, -0.2) is 4.68 Å². The minimum atomic E-state index is -0.236. The average Bonchev–Trinajstić information content (AvgIpc) is 2.75. The van der Waals surface area contributed by atoms with Crippen LogP contribution in [0, 0.1) is 0 Å². The molecule has 1 aliphatic rings. The van der Waals surface area contributed by atoms with Crippen LogP contribution in [0.1, 0.15) is 6.42 Å². The van der Waals surface area contributed by atoms with Gasteiger partial charge in [-0.15, -0.1) is 5.10 Å². The molecule has 0 saturated carbocycles. The zero-order valence-corrected chi connectivity index (χ0v) is 16.4. The second-order valence-corrected chi connectivity index (χ2v) is 7.27. The maximum absolute atomic E-state index is 12.4. The summed E-state index contributed by atoms with van der Waals surface area (Å²) < 4.78 is 1.23. The van der Waals surface area contributed by atoms with Gasteiger partial charge in [0, 0.05) is 44.0 Å². The molecule has 8 nitrogen and oxygen atoms in total. The van der Waals surface area contributed by atoms with Crippen molar-refractivity contribution in [1.82, 2.24) is 19.9 Å². The van der Waals surface area contributed by atoms with Crippen LogP contribution in [0.5, 0.6) is 0 Å². The van der Waals surface area contributed by atoms with E-state index < -0.39 is 0 Å². The summed E-state index contributed by atoms with van der Waals surface area (Å²) >= 11 is 0. The highest BCUT2D eigenvalue weighted by Crippen LogP contribution is 2.19. The maximum atomic E-state index is 12.4. The Hall–Kier alpha value is -3.26. The fraction of sp³-hybridized carbons (Fsp3) is 0.333. The number of nitrogens with one attached hydrogen (secondary N) is 1. The van der Waals surface area contributed by atoms with Crippen LogP contribution in [0.25, 0.3) is 10.9 Å². The van der Waals surface area contributed by atoms with Crippen molar-refractivity contribution in [3.63, 3.8) is 0 Å². The standard InChI is InChI=1S/C21H24N6O2/c1-25-12-14-26(15-13-25)17-8-6-16(7-9-17)22-20(28)10-11-27-21(29)18-4-2-3-5-19(18)23-24-27/h2-9H,10-15H2,1H3,(H,22,28). The van der Waals surface area contributed by atoms with Crippen LogP contribution in [0.3, 0.4) is 0 Å². The number of aryl methyl sites for hydroxylation is 1. The number of nitrogens with zero attached hydrogens (tertiary/aromatic N) is 5. The third-order valence-corrected chi connectivity index (χ3v) is 5.20. The molecule has 0 unspecified atom stereocenters. The van der Waals surface area contributed by atoms with Crippen LogP contribution in [0.15, 0.2) is 53.3 Å². The molecule has 0 spiro atoms. The van der Waals surface area contributed by atoms with Gasteiger partial charge in [0.05, 0.1) is 11.9 Å². The van der Waals surface area contributed by atoms with Crippen molar-refractivity contribution in [3.8, 4) is 0 Å². The molecule has 1 N–H and O–H groups in total. The SMILES string of the molecule is CN1CCN(c2ccc(NC(=O)CCn3nnc4ccccc4c3=O)cc2)CC1. The highest BCUT2D eigenvalue weighted by Gasteiger charge is 2.14. The molecule has 8 heteroatoms. The van der Waals surface area contributed by atoms with E-state index in [4.69, 9.17) is 0 Å². The lowest BCUT2D eigenvalue weighted by Gasteiger charge is -2.34. The fourth-order valence-electron chi connectivity index (χ4n) is 3.42. The molecule has 0 atom stereocenters. The molecule has 1 amide bonds. The second kappa shape index (κ2) is 8.40. The van der Waals surface area contributed by atoms with E-state index in [1.54, 1.807) is 18.2 Å². The third-order valence-electron chi connectivity index (χ3n) is 5.20. The molecule has 150 valence electrons. The molecule has 2 aromatic carbocycles. The van der Waals surface area contributed by atoms with Gasteiger partial charge in [-0.1, -0.05) is 17.3 Å². The third kappa shape index (κ3) is 4.43. The van der Waals surface area contributed by atoms with Gasteiger partial charge in [-0.3, -0.25) is 9.59 Å². The van der Waals surface area contributed by atoms with E-state index >= 15 is 0 Å². The van der Waals surface area contributed by atoms with Crippen molar-refractivity contribution in [2.75, 3.05) is 43.4 Å². The normalized spacial score (nSPS) is 14.9. The van der Waals surface area contributed by atoms with E-state index in [9.17, 15) is 9.59 Å². The van der Waals surface area contributed by atoms with E-state index in [0.717, 1.165) is 37.6 Å². The Bertz CT molecular complexity index is 1050. The minimum absolute atomic E-state index is 0.146. The van der Waals surface area contributed by atoms with Gasteiger partial charge in [0.2, 0.25) is 5.91 Å². The number of carbonyl (C=O) groups is 1. The van der Waals surface area contributed by atoms with Crippen LogP contribution in [-0.2, 0) is 11.3 Å². The summed E-state index contributed by atoms with van der Waals surface area (Å²) in [5.41, 5.74) is 2.22. The van der Waals surface area contributed by atoms with Gasteiger partial charge in [0.25, 0.3) is 5.56 Å². The summed E-state index contributed by atoms with van der Waals surface area (Å²) in [4.78, 5) is 29.4. The lowest BCUT2D eigenvalue weighted by Crippen LogP contribution is -2.44. The first-order valence-corrected chi connectivity index (χ1v) is 9.76. The van der Waals surface area contributed by atoms with Crippen LogP contribution >= 0.6 is 0 Å². The van der Waals surface area contributed by atoms with Gasteiger partial charge in [-0.05, 0) is 43.4 Å². The molecule has 0 bridgehead atoms. The lowest BCUT2D eigenvalue weighted by molar-refractivity contribution is -0.116. The first kappa shape index (κ1) is 19.1. The zero-order chi connectivity index (χ0) is 20.2. The maximum Gasteiger partial charge on any atom is 0.277 e. The molecule has 0 radical (unpaired) electrons. The molecule has 1 saturated heterocycles. The summed E-state index contributed by atoms with van der Waals surface area (Å²) in [7, 11) is 2.13. The Labute approximate surface area is 168 Å². The predicted molar refractivity (Wildman–Crippen MR) is 113 cm³/mol. The Balaban J connectivity index is 1.34. The summed E-state index contributed by atoms with van der Waals surface area (Å²) in [5.74, 6) is -0.167. The highest BCUT2D eigenvalue weighted by atomic mass is 16.2. The van der Waals surface area contributed by atoms with Gasteiger partial charge >= 0.3 is 0 Å². The Kier molecular flexibility index (Phi) is 5.53. The highest BCUT2D eigenvalue weighted by molar-refractivity contribution is 5.90. The number of hydrogen-bond acceptors (Lipinski definition) is 6. The van der Waals surface area contributed by atoms with E-state index in [1.165, 1.54) is 4.68 Å². The molecule has 1 aromatic heterocycles. The first-order chi connectivity index (χ1) is 14.1. The predicted octanol–water partition coefficient (Wildman–Crippen LogP) is 1.57. The van der Waals surface area contributed by atoms with Crippen LogP contribution in [-0.4, -0.2) is 59.0 Å². The molecule has 0 aliphatic carbocycles. The Morgan fingerprint density at radius 3 is 2.52 bits per heavy atom. The van der Waals surface area contributed by atoms with E-state index in [2.05, 4.69) is 32.5 Å². The molecule has 1 aliphatic heterocycles. The summed E-state index contributed by atoms with van der Waals surface area (Å²) in [6.07, 6.45) is 0.146. The van der Waals surface area contributed by atoms with E-state index in [-0.39, 0.29) is 24.4 Å². The van der Waals surface area contributed by atoms with Crippen LogP contribution in [0.2, 0.25) is 0 Å². The zero-order valence-electron chi connectivity index (χ0n) is 16.4. The summed E-state index contributed by atoms with van der Waals surface area (Å²) in [6.45, 7) is 4.29. The number of anilines is 2. The van der Waals surface area contributed by atoms with Gasteiger partial charge in [-0.2, -0.15) is 0 Å². The number of carbonyl (C=O) groups excluding carboxylic acids is 1. The lowest BCUT2D eigenvalue weighted by atomic mass is 10.2. The Morgan fingerprint density at radius 1 is 1.03 bits per heavy atom. The van der Waals surface area contributed by atoms with Gasteiger partial charge in [0.1, 0.15) is 5.52 Å². The molecule has 3 aromatic rings. The largest absolute Gasteiger partial charge is 0.369 e. The number of amides is 1. The van der Waals surface area contributed by atoms with Gasteiger partial charge < -0.3 is 15.1 Å². The molecule has 29 heavy (non-hydrogen) atoms. The van der Waals surface area contributed by atoms with Crippen molar-refractivity contribution in [2.45, 2.75) is 13.0 Å². The van der Waals surface area contributed by atoms with Crippen LogP contribution < -0.4 is 15.8 Å². The van der Waals surface area contributed by atoms with Crippen molar-refractivity contribution in [3.05, 3.63) is 58.9 Å². The Morgan fingerprint density at radius 2 is 1.76 bits per heavy atom. The van der Waals surface area contributed by atoms with Crippen molar-refractivity contribution in [1.29, 1.82) is 0 Å². The fourth-order valence-corrected chi connectivity index (χ4v) is 3.42. The molecule has 1 fully saturated rings. The average molecular weight is 392 g/mol. The smallest absolute Gasteiger partial charge is 0.277 e. The number of fused-ring (bicyclic) bond motifs is 1. The number of likely N-dealkylation sites (N-methyl/N-ethyl adjacent to an activating group) is 1. The summed E-state index contributed by atoms with van der Waals surface area (Å²) in [6, 6.07) is 14.9. The second-order valence-electron chi connectivity index (χ2n) is 7.27. The van der Waals surface area contributed by atoms with E-state index in [0.29, 0.717) is 10.9 Å². The topological polar surface area (TPSA) is 83.4 Å². The van der Waals surface area contributed by atoms with Crippen molar-refractivity contribution in [2.24, 2.45) is 0 Å². The quantitative estimate of drug-likeness (QED) is 0.710. The molecule has 2 heterocycles. The first-order valence-electron chi connectivity index (χ1n) is 9.76. The number of benzene rings is 2. The number of rotatable bonds is 5. The number of hydrogen-bond donors (Lipinski definition) is 1. The van der Waals surface area contributed by atoms with Crippen LogP contribution in [0.4, 0.5) is 11.4 Å². The minimum Gasteiger partial charge on any atom is -0.369 e. The summed E-state index contributed by atoms with van der Waals surface area (Å²) in [5, 5.41) is 11.3.